The Kier molecular flexibility index (Phi) is 17.1. The zero-order chi connectivity index (χ0) is 24.2. The molecule has 0 aliphatic heterocycles. The van der Waals surface area contributed by atoms with Crippen LogP contribution in [0.15, 0.2) is 24.3 Å². The molecule has 4 nitrogen and oxygen atoms in total. The molecule has 0 amide bonds. The number of unbranched alkanes of at least 4 members (excludes halogenated alkanes) is 11. The smallest absolute Gasteiger partial charge is 0.338 e. The third-order valence-corrected chi connectivity index (χ3v) is 7.82. The highest BCUT2D eigenvalue weighted by Gasteiger charge is 2.11. The Hall–Kier alpha value is -1.33. The second-order valence-electron chi connectivity index (χ2n) is 10.4. The molecule has 0 aliphatic rings. The van der Waals surface area contributed by atoms with E-state index < -0.39 is 8.07 Å². The van der Waals surface area contributed by atoms with E-state index in [2.05, 4.69) is 25.0 Å². The van der Waals surface area contributed by atoms with Gasteiger partial charge in [0.15, 0.2) is 0 Å². The van der Waals surface area contributed by atoms with E-state index in [4.69, 9.17) is 9.47 Å². The maximum atomic E-state index is 11.9. The molecule has 0 aromatic heterocycles. The Bertz CT molecular complexity index is 598. The lowest BCUT2D eigenvalue weighted by atomic mass is 10.1. The molecule has 0 aliphatic carbocycles. The lowest BCUT2D eigenvalue weighted by Gasteiger charge is -2.14. The number of benzene rings is 1. The van der Waals surface area contributed by atoms with Crippen molar-refractivity contribution >= 4 is 19.7 Å². The Morgan fingerprint density at radius 3 is 1.79 bits per heavy atom. The summed E-state index contributed by atoms with van der Waals surface area (Å²) >= 11 is 0. The van der Waals surface area contributed by atoms with Gasteiger partial charge in [-0.1, -0.05) is 96.3 Å². The third-order valence-electron chi connectivity index (χ3n) is 5.97. The number of hydrogen-bond acceptors (Lipinski definition) is 4. The van der Waals surface area contributed by atoms with Crippen LogP contribution in [0.5, 0.6) is 0 Å². The van der Waals surface area contributed by atoms with Gasteiger partial charge in [0.1, 0.15) is 6.61 Å². The first-order valence-electron chi connectivity index (χ1n) is 13.5. The molecule has 0 fully saturated rings. The first-order chi connectivity index (χ1) is 15.9. The van der Waals surface area contributed by atoms with E-state index in [0.29, 0.717) is 25.4 Å². The number of hydrogen-bond donors (Lipinski definition) is 1. The average molecular weight is 478 g/mol. The first kappa shape index (κ1) is 29.7. The van der Waals surface area contributed by atoms with Gasteiger partial charge in [-0.25, -0.2) is 4.79 Å². The lowest BCUT2D eigenvalue weighted by Crippen LogP contribution is -2.18. The predicted octanol–water partition coefficient (Wildman–Crippen LogP) is 8.31. The van der Waals surface area contributed by atoms with Gasteiger partial charge in [-0.05, 0) is 37.6 Å². The summed E-state index contributed by atoms with van der Waals surface area (Å²) in [6.45, 7) is 11.7. The maximum absolute atomic E-state index is 11.9. The van der Waals surface area contributed by atoms with Crippen LogP contribution in [-0.2, 0) is 9.47 Å². The topological polar surface area (TPSA) is 47.6 Å². The van der Waals surface area contributed by atoms with Crippen molar-refractivity contribution in [2.45, 2.75) is 110 Å². The van der Waals surface area contributed by atoms with Crippen molar-refractivity contribution in [2.24, 2.45) is 0 Å². The molecule has 0 radical (unpaired) electrons. The van der Waals surface area contributed by atoms with Crippen molar-refractivity contribution < 1.29 is 14.3 Å². The zero-order valence-corrected chi connectivity index (χ0v) is 23.1. The van der Waals surface area contributed by atoms with E-state index in [9.17, 15) is 4.79 Å². The average Bonchev–Trinajstić information content (AvgIpc) is 2.79. The molecule has 0 unspecified atom stereocenters. The van der Waals surface area contributed by atoms with Crippen LogP contribution < -0.4 is 5.32 Å². The van der Waals surface area contributed by atoms with Crippen LogP contribution in [0.3, 0.4) is 0 Å². The molecule has 33 heavy (non-hydrogen) atoms. The summed E-state index contributed by atoms with van der Waals surface area (Å²) in [6, 6.07) is 9.04. The molecule has 0 saturated heterocycles. The first-order valence-corrected chi connectivity index (χ1v) is 17.2. The van der Waals surface area contributed by atoms with Gasteiger partial charge in [0.25, 0.3) is 0 Å². The summed E-state index contributed by atoms with van der Waals surface area (Å²) in [5.74, 6) is -0.293. The number of carbonyl (C=O) groups excluding carboxylic acids is 1. The summed E-state index contributed by atoms with van der Waals surface area (Å²) < 4.78 is 10.4. The van der Waals surface area contributed by atoms with Crippen molar-refractivity contribution in [1.29, 1.82) is 0 Å². The molecule has 1 N–H and O–H groups in total. The van der Waals surface area contributed by atoms with E-state index in [1.165, 1.54) is 83.1 Å². The predicted molar refractivity (Wildman–Crippen MR) is 145 cm³/mol. The molecule has 0 bridgehead atoms. The zero-order valence-electron chi connectivity index (χ0n) is 22.1. The van der Waals surface area contributed by atoms with Crippen molar-refractivity contribution in [3.8, 4) is 0 Å². The maximum Gasteiger partial charge on any atom is 0.338 e. The highest BCUT2D eigenvalue weighted by molar-refractivity contribution is 6.76. The summed E-state index contributed by atoms with van der Waals surface area (Å²) in [6.07, 6.45) is 16.6. The lowest BCUT2D eigenvalue weighted by molar-refractivity contribution is 0.0335. The molecular formula is C28H51NO3Si. The quantitative estimate of drug-likeness (QED) is 0.110. The van der Waals surface area contributed by atoms with Crippen molar-refractivity contribution in [2.75, 3.05) is 31.7 Å². The van der Waals surface area contributed by atoms with Crippen LogP contribution in [0.25, 0.3) is 0 Å². The van der Waals surface area contributed by atoms with Crippen LogP contribution >= 0.6 is 0 Å². The molecule has 5 heteroatoms. The molecule has 0 heterocycles. The highest BCUT2D eigenvalue weighted by atomic mass is 28.3. The number of esters is 1. The van der Waals surface area contributed by atoms with Crippen molar-refractivity contribution in [3.05, 3.63) is 29.8 Å². The Morgan fingerprint density at radius 2 is 1.27 bits per heavy atom. The second-order valence-corrected chi connectivity index (χ2v) is 16.0. The molecule has 1 rings (SSSR count). The van der Waals surface area contributed by atoms with Crippen LogP contribution in [0, 0.1) is 0 Å². The van der Waals surface area contributed by atoms with Crippen molar-refractivity contribution in [1.82, 2.24) is 0 Å². The number of ether oxygens (including phenoxy) is 2. The van der Waals surface area contributed by atoms with Gasteiger partial charge in [0.05, 0.1) is 12.2 Å². The van der Waals surface area contributed by atoms with E-state index in [1.54, 1.807) is 0 Å². The monoisotopic (exact) mass is 477 g/mol. The Morgan fingerprint density at radius 1 is 0.758 bits per heavy atom. The Balaban J connectivity index is 1.91. The molecule has 190 valence electrons. The minimum absolute atomic E-state index is 0.293. The van der Waals surface area contributed by atoms with Crippen molar-refractivity contribution in [3.63, 3.8) is 0 Å². The van der Waals surface area contributed by atoms with E-state index in [0.717, 1.165) is 12.2 Å². The van der Waals surface area contributed by atoms with Crippen LogP contribution in [0.4, 0.5) is 5.69 Å². The molecule has 0 atom stereocenters. The van der Waals surface area contributed by atoms with Crippen LogP contribution in [0.2, 0.25) is 25.7 Å². The van der Waals surface area contributed by atoms with E-state index >= 15 is 0 Å². The van der Waals surface area contributed by atoms with Gasteiger partial charge < -0.3 is 14.8 Å². The van der Waals surface area contributed by atoms with Crippen LogP contribution in [-0.4, -0.2) is 40.4 Å². The fourth-order valence-corrected chi connectivity index (χ4v) is 5.24. The Labute approximate surface area is 205 Å². The third kappa shape index (κ3) is 17.8. The van der Waals surface area contributed by atoms with Gasteiger partial charge >= 0.3 is 5.97 Å². The summed E-state index contributed by atoms with van der Waals surface area (Å²) in [5, 5.41) is 3.45. The summed E-state index contributed by atoms with van der Waals surface area (Å²) in [5.41, 5.74) is 1.64. The fourth-order valence-electron chi connectivity index (χ4n) is 3.93. The molecule has 1 aromatic rings. The SMILES string of the molecule is CCOCCOC(=O)c1ccc(NCCCCCCCCCCCCCC[Si](C)(C)C)cc1. The summed E-state index contributed by atoms with van der Waals surface area (Å²) in [7, 11) is -0.812. The minimum atomic E-state index is -0.812. The standard InChI is InChI=1S/C28H51NO3Si/c1-5-31-23-24-32-28(30)26-18-20-27(21-19-26)29-22-16-14-12-10-8-6-7-9-11-13-15-17-25-33(2,3)4/h18-21,29H,5-17,22-25H2,1-4H3. The van der Waals surface area contributed by atoms with E-state index in [-0.39, 0.29) is 5.97 Å². The van der Waals surface area contributed by atoms with Gasteiger partial charge in [0.2, 0.25) is 0 Å². The second kappa shape index (κ2) is 19.0. The van der Waals surface area contributed by atoms with Gasteiger partial charge in [-0.2, -0.15) is 0 Å². The largest absolute Gasteiger partial charge is 0.460 e. The van der Waals surface area contributed by atoms with E-state index in [1.807, 2.05) is 31.2 Å². The normalized spacial score (nSPS) is 11.5. The minimum Gasteiger partial charge on any atom is -0.460 e. The van der Waals surface area contributed by atoms with Gasteiger partial charge in [-0.15, -0.1) is 0 Å². The van der Waals surface area contributed by atoms with Crippen LogP contribution in [0.1, 0.15) is 94.3 Å². The molecule has 0 saturated carbocycles. The molecular weight excluding hydrogens is 426 g/mol. The van der Waals surface area contributed by atoms with Gasteiger partial charge in [-0.3, -0.25) is 0 Å². The fraction of sp³-hybridized carbons (Fsp3) is 0.750. The summed E-state index contributed by atoms with van der Waals surface area (Å²) in [4.78, 5) is 11.9. The highest BCUT2D eigenvalue weighted by Crippen LogP contribution is 2.17. The number of anilines is 1. The number of nitrogens with one attached hydrogen (secondary N) is 1. The number of carbonyl (C=O) groups is 1. The molecule has 1 aromatic carbocycles. The van der Waals surface area contributed by atoms with Gasteiger partial charge in [0, 0.05) is 26.9 Å². The number of rotatable bonds is 21. The molecule has 0 spiro atoms.